The normalized spacial score (nSPS) is 13.7. The van der Waals surface area contributed by atoms with E-state index in [4.69, 9.17) is 38.6 Å². The predicted octanol–water partition coefficient (Wildman–Crippen LogP) is 12.5. The first-order valence-corrected chi connectivity index (χ1v) is 44.2. The van der Waals surface area contributed by atoms with Gasteiger partial charge in [-0.2, -0.15) is 0 Å². The number of carbonyl (C=O) groups excluding carboxylic acids is 4. The summed E-state index contributed by atoms with van der Waals surface area (Å²) < 4.78 is 136. The third-order valence-electron chi connectivity index (χ3n) is 18.9. The van der Waals surface area contributed by atoms with Gasteiger partial charge in [0.15, 0.2) is 16.0 Å². The second kappa shape index (κ2) is 41.6. The zero-order valence-corrected chi connectivity index (χ0v) is 70.7. The molecule has 2 aliphatic carbocycles. The standard InChI is InChI=1S/C27H35N3O5S.C18H24N4O3S2.C17H24N2O4S.C16H19FN4O3S2/c1-18(2)20-14-11-15-21(19(3)4)24(20)28-27(33)29-36(34,35)17-10-6-5-9-16-30-25(31)22-12-7-8-13-23(22)26(30)32;1-11-9-19-17(20-10-11)13(3)14(4)27(23,24)22-18(26)21-16-12(2)7-6-8-15(16)25-5;1-2-23-9-10-24(21,22)19-17(20)18-16-14-7-3-5-12(14)11-13-6-4-8-15(13)16;1-10-5-4-6-13(24-3)15(10)20-16(25)21-26(22,23)11(2)7-14-18-8-12(17)9-19-14/h7-8,11-15,18-19H,5-6,9-10,16-17H2,1-4H3,(H2,28,29,33);6-10,13-14H,1-5H3,(H2,21,22,26);11H,2-10H2,1H3,(H2,18,19,20);4-6,8-9,11H,7H2,1-3H3,(H2,20,21,25). The molecule has 0 fully saturated rings. The van der Waals surface area contributed by atoms with E-state index >= 15 is 0 Å². The zero-order chi connectivity index (χ0) is 83.1. The van der Waals surface area contributed by atoms with Crippen molar-refractivity contribution in [1.29, 1.82) is 0 Å². The molecule has 8 N–H and O–H groups in total. The lowest BCUT2D eigenvalue weighted by atomic mass is 9.93. The number of ether oxygens (including phenoxy) is 3. The van der Waals surface area contributed by atoms with Gasteiger partial charge in [0.05, 0.1) is 77.7 Å². The van der Waals surface area contributed by atoms with Gasteiger partial charge in [0.1, 0.15) is 23.1 Å². The van der Waals surface area contributed by atoms with Gasteiger partial charge in [-0.1, -0.05) is 108 Å². The third-order valence-corrected chi connectivity index (χ3v) is 25.7. The molecule has 28 nitrogen and oxygen atoms in total. The highest BCUT2D eigenvalue weighted by Crippen LogP contribution is 2.39. The number of nitrogens with zero attached hydrogens (tertiary/aromatic N) is 5. The van der Waals surface area contributed by atoms with Gasteiger partial charge in [-0.25, -0.2) is 77.0 Å². The van der Waals surface area contributed by atoms with Gasteiger partial charge in [0.2, 0.25) is 40.1 Å². The molecular weight excluding hydrogens is 1570 g/mol. The number of amides is 6. The number of hydrogen-bond acceptors (Lipinski definition) is 21. The topological polar surface area (TPSA) is 384 Å². The van der Waals surface area contributed by atoms with Crippen LogP contribution in [0.3, 0.4) is 0 Å². The molecule has 5 aromatic carbocycles. The Kier molecular flexibility index (Phi) is 33.4. The van der Waals surface area contributed by atoms with Crippen molar-refractivity contribution in [2.24, 2.45) is 0 Å². The van der Waals surface area contributed by atoms with Crippen molar-refractivity contribution in [3.05, 3.63) is 188 Å². The molecule has 0 spiro atoms. The van der Waals surface area contributed by atoms with Gasteiger partial charge in [0.25, 0.3) is 11.8 Å². The Labute approximate surface area is 673 Å². The average molecular weight is 1670 g/mol. The smallest absolute Gasteiger partial charge is 0.332 e. The molecule has 0 radical (unpaired) electrons. The molecule has 0 saturated heterocycles. The molecule has 612 valence electrons. The third kappa shape index (κ3) is 26.1. The number of sulfonamides is 4. The summed E-state index contributed by atoms with van der Waals surface area (Å²) in [7, 11) is -12.0. The van der Waals surface area contributed by atoms with E-state index < -0.39 is 74.4 Å². The monoisotopic (exact) mass is 1670 g/mol. The quantitative estimate of drug-likeness (QED) is 0.0123. The van der Waals surface area contributed by atoms with Crippen LogP contribution in [0.2, 0.25) is 0 Å². The molecule has 6 amide bonds. The minimum Gasteiger partial charge on any atom is -0.495 e. The Morgan fingerprint density at radius 3 is 1.50 bits per heavy atom. The number of rotatable bonds is 29. The number of hydrogen-bond donors (Lipinski definition) is 8. The molecule has 3 atom stereocenters. The summed E-state index contributed by atoms with van der Waals surface area (Å²) in [5.41, 5.74) is 13.0. The summed E-state index contributed by atoms with van der Waals surface area (Å²) in [5, 5.41) is 9.59. The minimum atomic E-state index is -3.80. The van der Waals surface area contributed by atoms with Crippen LogP contribution in [-0.2, 0) is 76.9 Å². The van der Waals surface area contributed by atoms with Gasteiger partial charge in [-0.3, -0.25) is 23.9 Å². The first kappa shape index (κ1) is 90.8. The zero-order valence-electron chi connectivity index (χ0n) is 65.8. The van der Waals surface area contributed by atoms with Crippen LogP contribution in [-0.4, -0.2) is 149 Å². The van der Waals surface area contributed by atoms with Gasteiger partial charge < -0.3 is 35.5 Å². The van der Waals surface area contributed by atoms with Crippen LogP contribution in [0, 0.1) is 26.6 Å². The highest BCUT2D eigenvalue weighted by atomic mass is 32.2. The largest absolute Gasteiger partial charge is 0.495 e. The van der Waals surface area contributed by atoms with Gasteiger partial charge in [0, 0.05) is 49.3 Å². The van der Waals surface area contributed by atoms with Crippen LogP contribution in [0.25, 0.3) is 0 Å². The molecule has 1 aliphatic heterocycles. The van der Waals surface area contributed by atoms with Crippen LogP contribution >= 0.6 is 24.4 Å². The number of halogens is 1. The number of methoxy groups -OCH3 is 2. The summed E-state index contributed by atoms with van der Waals surface area (Å²) in [6, 6.07) is 24.3. The maximum absolute atomic E-state index is 12.8. The Bertz CT molecular complexity index is 4930. The van der Waals surface area contributed by atoms with E-state index in [1.807, 2.05) is 90.9 Å². The summed E-state index contributed by atoms with van der Waals surface area (Å²) in [6.07, 6.45) is 13.7. The number of fused-ring (bicyclic) bond motifs is 3. The second-order valence-electron chi connectivity index (χ2n) is 28.0. The summed E-state index contributed by atoms with van der Waals surface area (Å²) >= 11 is 10.3. The Morgan fingerprint density at radius 2 is 1.02 bits per heavy atom. The number of unbranched alkanes of at least 4 members (excludes halogenated alkanes) is 3. The molecule has 10 rings (SSSR count). The Morgan fingerprint density at radius 1 is 0.549 bits per heavy atom. The summed E-state index contributed by atoms with van der Waals surface area (Å²) in [4.78, 5) is 66.8. The van der Waals surface area contributed by atoms with Crippen molar-refractivity contribution in [2.75, 3.05) is 66.8 Å². The van der Waals surface area contributed by atoms with Crippen molar-refractivity contribution in [3.8, 4) is 11.5 Å². The van der Waals surface area contributed by atoms with Gasteiger partial charge in [-0.05, 0) is 204 Å². The van der Waals surface area contributed by atoms with E-state index in [1.165, 1.54) is 41.2 Å². The van der Waals surface area contributed by atoms with Gasteiger partial charge in [-0.15, -0.1) is 0 Å². The lowest BCUT2D eigenvalue weighted by Crippen LogP contribution is -2.41. The summed E-state index contributed by atoms with van der Waals surface area (Å²) in [6.45, 7) is 21.2. The number of anilines is 4. The molecule has 3 aliphatic rings. The molecule has 35 heteroatoms. The van der Waals surface area contributed by atoms with Gasteiger partial charge >= 0.3 is 12.1 Å². The Hall–Kier alpha value is -9.39. The number of nitrogens with one attached hydrogen (secondary N) is 8. The number of aryl methyl sites for hydroxylation is 5. The number of urea groups is 2. The van der Waals surface area contributed by atoms with Crippen molar-refractivity contribution in [3.63, 3.8) is 0 Å². The fourth-order valence-electron chi connectivity index (χ4n) is 12.6. The lowest BCUT2D eigenvalue weighted by Gasteiger charge is -2.21. The SMILES string of the molecule is CC(C)c1cccc(C(C)C)c1NC(=O)NS(=O)(=O)CCCCCCN1C(=O)c2ccccc2C1=O.CCOCCS(=O)(=O)NC(=O)Nc1c2c(cc3c1CCC3)CCC2.COc1cccc(C)c1NC(=S)NS(=O)(=O)C(C)C(C)c1ncc(C)cn1.COc1cccc(C)c1NC(=S)NS(=O)(=O)C(C)Cc1ncc(F)cn1. The molecule has 2 aromatic heterocycles. The maximum atomic E-state index is 12.8. The fourth-order valence-corrected chi connectivity index (χ4v) is 17.3. The van der Waals surface area contributed by atoms with Crippen LogP contribution in [0.4, 0.5) is 36.7 Å². The van der Waals surface area contributed by atoms with E-state index in [-0.39, 0.29) is 64.2 Å². The molecule has 7 aromatic rings. The number of benzene rings is 5. The predicted molar refractivity (Wildman–Crippen MR) is 446 cm³/mol. The molecule has 0 saturated carbocycles. The van der Waals surface area contributed by atoms with E-state index in [0.717, 1.165) is 84.4 Å². The van der Waals surface area contributed by atoms with Crippen LogP contribution in [0.5, 0.6) is 11.5 Å². The maximum Gasteiger partial charge on any atom is 0.332 e. The summed E-state index contributed by atoms with van der Waals surface area (Å²) in [5.74, 6) is 0.175. The number of thiocarbonyl (C=S) groups is 2. The fraction of sp³-hybridized carbons (Fsp3) is 0.436. The highest BCUT2D eigenvalue weighted by molar-refractivity contribution is 7.93. The van der Waals surface area contributed by atoms with Crippen molar-refractivity contribution in [2.45, 2.75) is 175 Å². The molecular formula is C78H102FN13O15S6. The van der Waals surface area contributed by atoms with E-state index in [0.29, 0.717) is 84.3 Å². The molecule has 0 bridgehead atoms. The van der Waals surface area contributed by atoms with Crippen LogP contribution in [0.1, 0.15) is 194 Å². The molecule has 113 heavy (non-hydrogen) atoms. The Balaban J connectivity index is 0.000000211. The first-order chi connectivity index (χ1) is 53.4. The number of carbonyl (C=O) groups is 4. The number of aromatic nitrogens is 4. The van der Waals surface area contributed by atoms with E-state index in [2.05, 4.69) is 66.2 Å². The van der Waals surface area contributed by atoms with Crippen LogP contribution in [0.15, 0.2) is 110 Å². The van der Waals surface area contributed by atoms with Crippen LogP contribution < -0.4 is 49.6 Å². The van der Waals surface area contributed by atoms with E-state index in [9.17, 15) is 57.2 Å². The molecule has 3 heterocycles. The number of para-hydroxylation sites is 3. The van der Waals surface area contributed by atoms with Crippen molar-refractivity contribution in [1.82, 2.24) is 43.7 Å². The first-order valence-electron chi connectivity index (χ1n) is 37.0. The highest BCUT2D eigenvalue weighted by Gasteiger charge is 2.35. The lowest BCUT2D eigenvalue weighted by molar-refractivity contribution is 0.0651. The van der Waals surface area contributed by atoms with E-state index in [1.54, 1.807) is 76.7 Å². The average Bonchev–Trinajstić information content (AvgIpc) is 1.63. The number of imide groups is 1. The second-order valence-corrected chi connectivity index (χ2v) is 36.6. The minimum absolute atomic E-state index is 0.0198. The molecule has 3 unspecified atom stereocenters. The van der Waals surface area contributed by atoms with Crippen molar-refractivity contribution >= 4 is 121 Å². The van der Waals surface area contributed by atoms with Crippen molar-refractivity contribution < 1.29 is 71.5 Å².